The third-order valence-corrected chi connectivity index (χ3v) is 1.53. The molecule has 0 saturated heterocycles. The second kappa shape index (κ2) is 2.34. The molecule has 4 heteroatoms. The Balaban J connectivity index is 2.70. The van der Waals surface area contributed by atoms with Crippen molar-refractivity contribution in [3.05, 3.63) is 30.3 Å². The molecule has 0 saturated carbocycles. The van der Waals surface area contributed by atoms with Crippen LogP contribution in [0.25, 0.3) is 11.0 Å². The second-order valence-electron chi connectivity index (χ2n) is 2.33. The van der Waals surface area contributed by atoms with Crippen molar-refractivity contribution in [2.24, 2.45) is 0 Å². The molecule has 60 valence electrons. The number of nitrogens with zero attached hydrogens (tertiary/aromatic N) is 1. The van der Waals surface area contributed by atoms with Gasteiger partial charge in [-0.05, 0) is 6.07 Å². The second-order valence-corrected chi connectivity index (χ2v) is 2.33. The predicted octanol–water partition coefficient (Wildman–Crippen LogP) is 1.53. The molecule has 0 atom stereocenters. The summed E-state index contributed by atoms with van der Waals surface area (Å²) in [6.07, 6.45) is 3.11. The van der Waals surface area contributed by atoms with E-state index in [-0.39, 0.29) is 5.76 Å². The topological polar surface area (TPSA) is 63.3 Å². The Kier molecular flexibility index (Phi) is 1.33. The van der Waals surface area contributed by atoms with E-state index < -0.39 is 5.97 Å². The van der Waals surface area contributed by atoms with Gasteiger partial charge < -0.3 is 9.52 Å². The van der Waals surface area contributed by atoms with Gasteiger partial charge in [-0.1, -0.05) is 0 Å². The number of furan rings is 1. The van der Waals surface area contributed by atoms with E-state index in [0.717, 1.165) is 0 Å². The Morgan fingerprint density at radius 2 is 2.42 bits per heavy atom. The molecule has 2 rings (SSSR count). The lowest BCUT2D eigenvalue weighted by atomic mass is 10.3. The molecule has 0 aromatic carbocycles. The fourth-order valence-electron chi connectivity index (χ4n) is 0.990. The first-order chi connectivity index (χ1) is 5.77. The standard InChI is InChI=1S/C8H5NO3/c10-8(11)7-3-5-4-9-2-1-6(5)12-7/h1-4H,(H,10,11). The number of hydrogen-bond acceptors (Lipinski definition) is 3. The van der Waals surface area contributed by atoms with Crippen LogP contribution in [0.2, 0.25) is 0 Å². The summed E-state index contributed by atoms with van der Waals surface area (Å²) in [4.78, 5) is 14.3. The van der Waals surface area contributed by atoms with Crippen molar-refractivity contribution < 1.29 is 14.3 Å². The number of aromatic carboxylic acids is 1. The zero-order chi connectivity index (χ0) is 8.55. The zero-order valence-electron chi connectivity index (χ0n) is 6.02. The van der Waals surface area contributed by atoms with Crippen molar-refractivity contribution in [2.75, 3.05) is 0 Å². The third kappa shape index (κ3) is 0.934. The number of carbonyl (C=O) groups is 1. The average Bonchev–Trinajstić information content (AvgIpc) is 2.46. The van der Waals surface area contributed by atoms with Gasteiger partial charge in [-0.15, -0.1) is 0 Å². The molecule has 2 aromatic rings. The van der Waals surface area contributed by atoms with Gasteiger partial charge in [0.05, 0.1) is 0 Å². The van der Waals surface area contributed by atoms with Crippen LogP contribution in [0.15, 0.2) is 28.9 Å². The van der Waals surface area contributed by atoms with Crippen LogP contribution >= 0.6 is 0 Å². The van der Waals surface area contributed by atoms with Gasteiger partial charge in [-0.25, -0.2) is 4.79 Å². The first-order valence-corrected chi connectivity index (χ1v) is 3.34. The maximum Gasteiger partial charge on any atom is 0.371 e. The SMILES string of the molecule is O=C(O)c1cc2cnccc2o1. The minimum Gasteiger partial charge on any atom is -0.475 e. The minimum atomic E-state index is -1.06. The molecule has 0 fully saturated rings. The fourth-order valence-corrected chi connectivity index (χ4v) is 0.990. The van der Waals surface area contributed by atoms with Crippen molar-refractivity contribution >= 4 is 16.9 Å². The van der Waals surface area contributed by atoms with Crippen LogP contribution in [-0.2, 0) is 0 Å². The first kappa shape index (κ1) is 6.84. The van der Waals surface area contributed by atoms with Crippen LogP contribution in [0.4, 0.5) is 0 Å². The Morgan fingerprint density at radius 3 is 3.08 bits per heavy atom. The van der Waals surface area contributed by atoms with Gasteiger partial charge in [-0.3, -0.25) is 4.98 Å². The van der Waals surface area contributed by atoms with Crippen molar-refractivity contribution in [1.29, 1.82) is 0 Å². The molecular weight excluding hydrogens is 158 g/mol. The van der Waals surface area contributed by atoms with Crippen LogP contribution in [0, 0.1) is 0 Å². The molecule has 2 aromatic heterocycles. The maximum absolute atomic E-state index is 10.5. The molecule has 0 aliphatic carbocycles. The molecule has 0 amide bonds. The highest BCUT2D eigenvalue weighted by molar-refractivity contribution is 5.90. The molecule has 12 heavy (non-hydrogen) atoms. The number of pyridine rings is 1. The number of rotatable bonds is 1. The quantitative estimate of drug-likeness (QED) is 0.692. The molecule has 0 spiro atoms. The van der Waals surface area contributed by atoms with Crippen molar-refractivity contribution in [3.63, 3.8) is 0 Å². The van der Waals surface area contributed by atoms with Crippen LogP contribution in [0.5, 0.6) is 0 Å². The first-order valence-electron chi connectivity index (χ1n) is 3.34. The molecule has 2 heterocycles. The molecule has 0 unspecified atom stereocenters. The monoisotopic (exact) mass is 163 g/mol. The highest BCUT2D eigenvalue weighted by Crippen LogP contribution is 2.17. The summed E-state index contributed by atoms with van der Waals surface area (Å²) in [7, 11) is 0. The van der Waals surface area contributed by atoms with E-state index in [1.54, 1.807) is 18.5 Å². The average molecular weight is 163 g/mol. The number of fused-ring (bicyclic) bond motifs is 1. The molecule has 4 nitrogen and oxygen atoms in total. The summed E-state index contributed by atoms with van der Waals surface area (Å²) in [5.41, 5.74) is 0.544. The molecule has 0 aliphatic heterocycles. The van der Waals surface area contributed by atoms with E-state index in [0.29, 0.717) is 11.0 Å². The Bertz CT molecular complexity index is 400. The number of hydrogen-bond donors (Lipinski definition) is 1. The summed E-state index contributed by atoms with van der Waals surface area (Å²) in [6, 6.07) is 3.08. The number of carboxylic acids is 1. The van der Waals surface area contributed by atoms with E-state index in [2.05, 4.69) is 4.98 Å². The highest BCUT2D eigenvalue weighted by Gasteiger charge is 2.09. The molecule has 1 N–H and O–H groups in total. The predicted molar refractivity (Wildman–Crippen MR) is 41.0 cm³/mol. The van der Waals surface area contributed by atoms with E-state index in [1.807, 2.05) is 0 Å². The van der Waals surface area contributed by atoms with E-state index in [4.69, 9.17) is 9.52 Å². The molecular formula is C8H5NO3. The minimum absolute atomic E-state index is 0.0574. The van der Waals surface area contributed by atoms with Crippen LogP contribution in [0.3, 0.4) is 0 Å². The highest BCUT2D eigenvalue weighted by atomic mass is 16.4. The van der Waals surface area contributed by atoms with Crippen LogP contribution < -0.4 is 0 Å². The van der Waals surface area contributed by atoms with Gasteiger partial charge in [0.2, 0.25) is 5.76 Å². The lowest BCUT2D eigenvalue weighted by Crippen LogP contribution is -1.91. The molecule has 0 bridgehead atoms. The lowest BCUT2D eigenvalue weighted by Gasteiger charge is -1.82. The Hall–Kier alpha value is -1.84. The van der Waals surface area contributed by atoms with Gasteiger partial charge in [0.15, 0.2) is 0 Å². The Morgan fingerprint density at radius 1 is 1.58 bits per heavy atom. The number of aromatic nitrogens is 1. The van der Waals surface area contributed by atoms with Crippen LogP contribution in [0.1, 0.15) is 10.6 Å². The largest absolute Gasteiger partial charge is 0.475 e. The summed E-state index contributed by atoms with van der Waals surface area (Å²) in [6.45, 7) is 0. The third-order valence-electron chi connectivity index (χ3n) is 1.53. The number of carboxylic acid groups (broad SMARTS) is 1. The summed E-state index contributed by atoms with van der Waals surface area (Å²) < 4.78 is 4.99. The van der Waals surface area contributed by atoms with Crippen molar-refractivity contribution in [2.45, 2.75) is 0 Å². The van der Waals surface area contributed by atoms with Gasteiger partial charge in [0.25, 0.3) is 0 Å². The van der Waals surface area contributed by atoms with E-state index in [1.165, 1.54) is 6.07 Å². The normalized spacial score (nSPS) is 10.3. The molecule has 0 radical (unpaired) electrons. The smallest absolute Gasteiger partial charge is 0.371 e. The van der Waals surface area contributed by atoms with Crippen LogP contribution in [-0.4, -0.2) is 16.1 Å². The van der Waals surface area contributed by atoms with Gasteiger partial charge in [0.1, 0.15) is 5.58 Å². The summed E-state index contributed by atoms with van der Waals surface area (Å²) in [5.74, 6) is -1.12. The fraction of sp³-hybridized carbons (Fsp3) is 0. The van der Waals surface area contributed by atoms with Crippen molar-refractivity contribution in [1.82, 2.24) is 4.98 Å². The lowest BCUT2D eigenvalue weighted by molar-refractivity contribution is 0.0665. The molecule has 0 aliphatic rings. The van der Waals surface area contributed by atoms with Gasteiger partial charge in [0, 0.05) is 23.8 Å². The Labute approximate surface area is 67.4 Å². The van der Waals surface area contributed by atoms with E-state index >= 15 is 0 Å². The maximum atomic E-state index is 10.5. The van der Waals surface area contributed by atoms with Crippen molar-refractivity contribution in [3.8, 4) is 0 Å². The summed E-state index contributed by atoms with van der Waals surface area (Å²) in [5, 5.41) is 9.28. The van der Waals surface area contributed by atoms with Gasteiger partial charge in [-0.2, -0.15) is 0 Å². The van der Waals surface area contributed by atoms with E-state index in [9.17, 15) is 4.79 Å². The summed E-state index contributed by atoms with van der Waals surface area (Å²) >= 11 is 0. The van der Waals surface area contributed by atoms with Gasteiger partial charge >= 0.3 is 5.97 Å². The zero-order valence-corrected chi connectivity index (χ0v) is 6.02.